The van der Waals surface area contributed by atoms with Crippen LogP contribution in [0.15, 0.2) is 64.4 Å². The van der Waals surface area contributed by atoms with E-state index in [2.05, 4.69) is 48.2 Å². The van der Waals surface area contributed by atoms with Gasteiger partial charge in [-0.05, 0) is 31.2 Å². The van der Waals surface area contributed by atoms with Crippen molar-refractivity contribution in [2.75, 3.05) is 0 Å². The molecule has 0 saturated carbocycles. The predicted molar refractivity (Wildman–Crippen MR) is 69.6 cm³/mol. The summed E-state index contributed by atoms with van der Waals surface area (Å²) in [6.07, 6.45) is 0. The highest BCUT2D eigenvalue weighted by atomic mass is 32.2. The number of hydrogen-bond donors (Lipinski definition) is 0. The SMILES string of the molecule is CC#Cc1ccccc1Sc1ccccc1. The average molecular weight is 224 g/mol. The van der Waals surface area contributed by atoms with Gasteiger partial charge in [-0.15, -0.1) is 5.92 Å². The van der Waals surface area contributed by atoms with E-state index in [9.17, 15) is 0 Å². The Morgan fingerprint density at radius 3 is 2.31 bits per heavy atom. The maximum absolute atomic E-state index is 3.13. The van der Waals surface area contributed by atoms with Crippen molar-refractivity contribution in [1.82, 2.24) is 0 Å². The number of hydrogen-bond acceptors (Lipinski definition) is 1. The minimum atomic E-state index is 1.10. The number of benzene rings is 2. The highest BCUT2D eigenvalue weighted by molar-refractivity contribution is 7.99. The van der Waals surface area contributed by atoms with E-state index in [4.69, 9.17) is 0 Å². The topological polar surface area (TPSA) is 0 Å². The van der Waals surface area contributed by atoms with Crippen LogP contribution < -0.4 is 0 Å². The van der Waals surface area contributed by atoms with Crippen LogP contribution in [0.4, 0.5) is 0 Å². The molecule has 78 valence electrons. The molecule has 0 aliphatic rings. The molecule has 0 N–H and O–H groups in total. The highest BCUT2D eigenvalue weighted by Gasteiger charge is 2.00. The molecule has 0 unspecified atom stereocenters. The highest BCUT2D eigenvalue weighted by Crippen LogP contribution is 2.29. The first-order valence-corrected chi connectivity index (χ1v) is 5.96. The monoisotopic (exact) mass is 224 g/mol. The summed E-state index contributed by atoms with van der Waals surface area (Å²) in [6, 6.07) is 18.6. The fourth-order valence-electron chi connectivity index (χ4n) is 1.41. The molecule has 0 aliphatic carbocycles. The van der Waals surface area contributed by atoms with Crippen molar-refractivity contribution in [2.45, 2.75) is 16.7 Å². The van der Waals surface area contributed by atoms with E-state index in [1.807, 2.05) is 25.1 Å². The quantitative estimate of drug-likeness (QED) is 0.689. The van der Waals surface area contributed by atoms with Gasteiger partial charge in [-0.1, -0.05) is 48.0 Å². The zero-order valence-corrected chi connectivity index (χ0v) is 9.92. The lowest BCUT2D eigenvalue weighted by Gasteiger charge is -2.03. The Hall–Kier alpha value is -1.65. The lowest BCUT2D eigenvalue weighted by Crippen LogP contribution is -1.80. The molecular weight excluding hydrogens is 212 g/mol. The second kappa shape index (κ2) is 5.44. The molecule has 16 heavy (non-hydrogen) atoms. The maximum atomic E-state index is 3.13. The maximum Gasteiger partial charge on any atom is 0.0384 e. The Balaban J connectivity index is 2.30. The minimum Gasteiger partial charge on any atom is -0.101 e. The van der Waals surface area contributed by atoms with Crippen molar-refractivity contribution in [2.24, 2.45) is 0 Å². The third-order valence-corrected chi connectivity index (χ3v) is 3.20. The third kappa shape index (κ3) is 2.68. The van der Waals surface area contributed by atoms with Gasteiger partial charge >= 0.3 is 0 Å². The fourth-order valence-corrected chi connectivity index (χ4v) is 2.33. The van der Waals surface area contributed by atoms with Gasteiger partial charge in [0.05, 0.1) is 0 Å². The summed E-state index contributed by atoms with van der Waals surface area (Å²) in [5.74, 6) is 6.07. The van der Waals surface area contributed by atoms with E-state index in [1.165, 1.54) is 9.79 Å². The molecule has 0 heterocycles. The molecule has 2 aromatic carbocycles. The van der Waals surface area contributed by atoms with E-state index in [1.54, 1.807) is 11.8 Å². The van der Waals surface area contributed by atoms with E-state index in [0.717, 1.165) is 5.56 Å². The first-order valence-electron chi connectivity index (χ1n) is 5.15. The van der Waals surface area contributed by atoms with Crippen LogP contribution in [0.5, 0.6) is 0 Å². The van der Waals surface area contributed by atoms with Gasteiger partial charge in [0.2, 0.25) is 0 Å². The first kappa shape index (κ1) is 10.9. The van der Waals surface area contributed by atoms with Gasteiger partial charge in [0.15, 0.2) is 0 Å². The van der Waals surface area contributed by atoms with Gasteiger partial charge in [0, 0.05) is 15.4 Å². The smallest absolute Gasteiger partial charge is 0.0384 e. The van der Waals surface area contributed by atoms with Crippen molar-refractivity contribution in [1.29, 1.82) is 0 Å². The second-order valence-electron chi connectivity index (χ2n) is 3.29. The zero-order chi connectivity index (χ0) is 11.2. The molecule has 1 heteroatoms. The normalized spacial score (nSPS) is 9.31. The molecule has 0 nitrogen and oxygen atoms in total. The van der Waals surface area contributed by atoms with Crippen LogP contribution in [0.3, 0.4) is 0 Å². The molecule has 2 rings (SSSR count). The van der Waals surface area contributed by atoms with Crippen LogP contribution in [0.25, 0.3) is 0 Å². The Labute approximate surface area is 101 Å². The van der Waals surface area contributed by atoms with Crippen molar-refractivity contribution in [3.8, 4) is 11.8 Å². The Morgan fingerprint density at radius 1 is 0.875 bits per heavy atom. The molecule has 0 fully saturated rings. The van der Waals surface area contributed by atoms with Crippen LogP contribution in [-0.4, -0.2) is 0 Å². The fraction of sp³-hybridized carbons (Fsp3) is 0.0667. The van der Waals surface area contributed by atoms with Crippen LogP contribution in [0, 0.1) is 11.8 Å². The van der Waals surface area contributed by atoms with Crippen LogP contribution in [0.2, 0.25) is 0 Å². The van der Waals surface area contributed by atoms with Gasteiger partial charge in [-0.2, -0.15) is 0 Å². The molecule has 0 aliphatic heterocycles. The minimum absolute atomic E-state index is 1.10. The molecule has 0 aromatic heterocycles. The second-order valence-corrected chi connectivity index (χ2v) is 4.40. The van der Waals surface area contributed by atoms with Crippen molar-refractivity contribution < 1.29 is 0 Å². The van der Waals surface area contributed by atoms with Gasteiger partial charge in [-0.3, -0.25) is 0 Å². The summed E-state index contributed by atoms with van der Waals surface area (Å²) in [5.41, 5.74) is 1.10. The van der Waals surface area contributed by atoms with Gasteiger partial charge < -0.3 is 0 Å². The standard InChI is InChI=1S/C15H12S/c1-2-8-13-9-6-7-12-15(13)16-14-10-4-3-5-11-14/h3-7,9-12H,1H3. The average Bonchev–Trinajstić information content (AvgIpc) is 2.33. The summed E-state index contributed by atoms with van der Waals surface area (Å²) in [7, 11) is 0. The summed E-state index contributed by atoms with van der Waals surface area (Å²) in [4.78, 5) is 2.45. The zero-order valence-electron chi connectivity index (χ0n) is 9.10. The van der Waals surface area contributed by atoms with E-state index < -0.39 is 0 Å². The Morgan fingerprint density at radius 2 is 1.56 bits per heavy atom. The van der Waals surface area contributed by atoms with Gasteiger partial charge in [-0.25, -0.2) is 0 Å². The first-order chi connectivity index (χ1) is 7.90. The summed E-state index contributed by atoms with van der Waals surface area (Å²) >= 11 is 1.75. The molecular formula is C15H12S. The molecule has 0 atom stereocenters. The summed E-state index contributed by atoms with van der Waals surface area (Å²) in [5, 5.41) is 0. The van der Waals surface area contributed by atoms with E-state index in [0.29, 0.717) is 0 Å². The van der Waals surface area contributed by atoms with Gasteiger partial charge in [0.1, 0.15) is 0 Å². The number of rotatable bonds is 2. The van der Waals surface area contributed by atoms with Crippen molar-refractivity contribution in [3.05, 3.63) is 60.2 Å². The van der Waals surface area contributed by atoms with Crippen LogP contribution in [-0.2, 0) is 0 Å². The lowest BCUT2D eigenvalue weighted by atomic mass is 10.2. The molecule has 0 radical (unpaired) electrons. The van der Waals surface area contributed by atoms with E-state index in [-0.39, 0.29) is 0 Å². The summed E-state index contributed by atoms with van der Waals surface area (Å²) < 4.78 is 0. The third-order valence-electron chi connectivity index (χ3n) is 2.12. The van der Waals surface area contributed by atoms with E-state index >= 15 is 0 Å². The van der Waals surface area contributed by atoms with Crippen LogP contribution in [0.1, 0.15) is 12.5 Å². The molecule has 0 saturated heterocycles. The molecule has 0 amide bonds. The predicted octanol–water partition coefficient (Wildman–Crippen LogP) is 4.21. The van der Waals surface area contributed by atoms with Crippen LogP contribution >= 0.6 is 11.8 Å². The summed E-state index contributed by atoms with van der Waals surface area (Å²) in [6.45, 7) is 1.87. The lowest BCUT2D eigenvalue weighted by molar-refractivity contribution is 1.38. The van der Waals surface area contributed by atoms with Gasteiger partial charge in [0.25, 0.3) is 0 Å². The molecule has 0 bridgehead atoms. The largest absolute Gasteiger partial charge is 0.101 e. The Bertz CT molecular complexity index is 518. The molecule has 0 spiro atoms. The Kier molecular flexibility index (Phi) is 3.69. The van der Waals surface area contributed by atoms with Crippen molar-refractivity contribution in [3.63, 3.8) is 0 Å². The van der Waals surface area contributed by atoms with Crippen molar-refractivity contribution >= 4 is 11.8 Å². The molecule has 2 aromatic rings.